The summed E-state index contributed by atoms with van der Waals surface area (Å²) in [4.78, 5) is 0. The average Bonchev–Trinajstić information content (AvgIpc) is 2.52. The summed E-state index contributed by atoms with van der Waals surface area (Å²) in [7, 11) is 0. The molecule has 3 nitrogen and oxygen atoms in total. The first kappa shape index (κ1) is 14.9. The van der Waals surface area contributed by atoms with E-state index < -0.39 is 0 Å². The monoisotopic (exact) mass is 296 g/mol. The Morgan fingerprint density at radius 1 is 1.10 bits per heavy atom. The predicted molar refractivity (Wildman–Crippen MR) is 81.1 cm³/mol. The zero-order valence-corrected chi connectivity index (χ0v) is 12.0. The smallest absolute Gasteiger partial charge is 0.120 e. The SMILES string of the molecule is N#Cc1ccc(C(C#N)CCOc2cccc(Cl)c2)cc1. The Labute approximate surface area is 129 Å². The minimum absolute atomic E-state index is 0.253. The molecule has 0 N–H and O–H groups in total. The van der Waals surface area contributed by atoms with Gasteiger partial charge in [0.15, 0.2) is 0 Å². The maximum Gasteiger partial charge on any atom is 0.120 e. The van der Waals surface area contributed by atoms with Gasteiger partial charge in [-0.15, -0.1) is 0 Å². The van der Waals surface area contributed by atoms with E-state index in [1.54, 1.807) is 24.3 Å². The van der Waals surface area contributed by atoms with E-state index in [4.69, 9.17) is 21.6 Å². The zero-order chi connectivity index (χ0) is 15.1. The lowest BCUT2D eigenvalue weighted by atomic mass is 9.97. The molecule has 0 heterocycles. The van der Waals surface area contributed by atoms with Crippen LogP contribution >= 0.6 is 11.6 Å². The molecule has 2 aromatic rings. The third-order valence-electron chi connectivity index (χ3n) is 3.07. The molecule has 0 aliphatic carbocycles. The van der Waals surface area contributed by atoms with Crippen LogP contribution < -0.4 is 4.74 Å². The van der Waals surface area contributed by atoms with Crippen molar-refractivity contribution in [3.05, 3.63) is 64.7 Å². The molecule has 4 heteroatoms. The van der Waals surface area contributed by atoms with Gasteiger partial charge in [0, 0.05) is 11.4 Å². The topological polar surface area (TPSA) is 56.8 Å². The maximum atomic E-state index is 9.26. The van der Waals surface area contributed by atoms with Gasteiger partial charge in [-0.05, 0) is 35.9 Å². The molecule has 0 aromatic heterocycles. The van der Waals surface area contributed by atoms with Gasteiger partial charge in [0.1, 0.15) is 5.75 Å². The van der Waals surface area contributed by atoms with Gasteiger partial charge < -0.3 is 4.74 Å². The van der Waals surface area contributed by atoms with Gasteiger partial charge in [-0.3, -0.25) is 0 Å². The number of hydrogen-bond acceptors (Lipinski definition) is 3. The summed E-state index contributed by atoms with van der Waals surface area (Å²) in [5.74, 6) is 0.441. The highest BCUT2D eigenvalue weighted by molar-refractivity contribution is 6.30. The molecule has 104 valence electrons. The molecule has 2 aromatic carbocycles. The highest BCUT2D eigenvalue weighted by atomic mass is 35.5. The van der Waals surface area contributed by atoms with Gasteiger partial charge in [-0.25, -0.2) is 0 Å². The number of ether oxygens (including phenoxy) is 1. The van der Waals surface area contributed by atoms with Crippen LogP contribution in [-0.2, 0) is 0 Å². The van der Waals surface area contributed by atoms with Crippen molar-refractivity contribution in [2.45, 2.75) is 12.3 Å². The first-order valence-corrected chi connectivity index (χ1v) is 6.89. The summed E-state index contributed by atoms with van der Waals surface area (Å²) in [5, 5.41) is 18.6. The molecule has 0 fully saturated rings. The van der Waals surface area contributed by atoms with Gasteiger partial charge in [-0.2, -0.15) is 10.5 Å². The second kappa shape index (κ2) is 7.33. The zero-order valence-electron chi connectivity index (χ0n) is 11.3. The molecule has 0 radical (unpaired) electrons. The predicted octanol–water partition coefficient (Wildman–Crippen LogP) is 4.29. The number of benzene rings is 2. The quantitative estimate of drug-likeness (QED) is 0.827. The van der Waals surface area contributed by atoms with Crippen molar-refractivity contribution in [1.82, 2.24) is 0 Å². The highest BCUT2D eigenvalue weighted by Crippen LogP contribution is 2.21. The van der Waals surface area contributed by atoms with E-state index >= 15 is 0 Å². The second-order valence-electron chi connectivity index (χ2n) is 4.51. The number of nitrogens with zero attached hydrogens (tertiary/aromatic N) is 2. The molecule has 0 aliphatic rings. The normalized spacial score (nSPS) is 11.2. The fraction of sp³-hybridized carbons (Fsp3) is 0.176. The molecule has 2 rings (SSSR count). The van der Waals surface area contributed by atoms with Crippen LogP contribution in [0.2, 0.25) is 5.02 Å². The van der Waals surface area contributed by atoms with Crippen molar-refractivity contribution in [2.75, 3.05) is 6.61 Å². The van der Waals surface area contributed by atoms with E-state index in [1.165, 1.54) is 0 Å². The minimum Gasteiger partial charge on any atom is -0.493 e. The van der Waals surface area contributed by atoms with Crippen LogP contribution in [0.4, 0.5) is 0 Å². The standard InChI is InChI=1S/C17H13ClN2O/c18-16-2-1-3-17(10-16)21-9-8-15(12-20)14-6-4-13(11-19)5-7-14/h1-7,10,15H,8-9H2. The van der Waals surface area contributed by atoms with Crippen LogP contribution in [0.3, 0.4) is 0 Å². The van der Waals surface area contributed by atoms with Crippen molar-refractivity contribution in [2.24, 2.45) is 0 Å². The summed E-state index contributed by atoms with van der Waals surface area (Å²) in [5.41, 5.74) is 1.48. The van der Waals surface area contributed by atoms with Crippen molar-refractivity contribution in [1.29, 1.82) is 10.5 Å². The number of halogens is 1. The third-order valence-corrected chi connectivity index (χ3v) is 3.30. The molecule has 0 spiro atoms. The van der Waals surface area contributed by atoms with Crippen molar-refractivity contribution in [3.8, 4) is 17.9 Å². The molecule has 0 amide bonds. The number of nitriles is 2. The molecule has 1 unspecified atom stereocenters. The van der Waals surface area contributed by atoms with Crippen LogP contribution in [0.1, 0.15) is 23.5 Å². The van der Waals surface area contributed by atoms with E-state index in [-0.39, 0.29) is 5.92 Å². The van der Waals surface area contributed by atoms with Crippen LogP contribution in [-0.4, -0.2) is 6.61 Å². The van der Waals surface area contributed by atoms with E-state index in [1.807, 2.05) is 24.3 Å². The Morgan fingerprint density at radius 3 is 2.48 bits per heavy atom. The van der Waals surface area contributed by atoms with Crippen LogP contribution in [0, 0.1) is 22.7 Å². The van der Waals surface area contributed by atoms with E-state index in [9.17, 15) is 5.26 Å². The Balaban J connectivity index is 1.94. The largest absolute Gasteiger partial charge is 0.493 e. The molecule has 0 saturated carbocycles. The number of hydrogen-bond donors (Lipinski definition) is 0. The van der Waals surface area contributed by atoms with Crippen LogP contribution in [0.25, 0.3) is 0 Å². The van der Waals surface area contributed by atoms with Gasteiger partial charge in [-0.1, -0.05) is 29.8 Å². The average molecular weight is 297 g/mol. The fourth-order valence-electron chi connectivity index (χ4n) is 1.95. The summed E-state index contributed by atoms with van der Waals surface area (Å²) < 4.78 is 5.60. The van der Waals surface area contributed by atoms with Crippen molar-refractivity contribution >= 4 is 11.6 Å². The maximum absolute atomic E-state index is 9.26. The summed E-state index contributed by atoms with van der Waals surface area (Å²) in [6.45, 7) is 0.429. The van der Waals surface area contributed by atoms with Crippen molar-refractivity contribution < 1.29 is 4.74 Å². The Kier molecular flexibility index (Phi) is 5.21. The Morgan fingerprint density at radius 2 is 1.86 bits per heavy atom. The van der Waals surface area contributed by atoms with Crippen LogP contribution in [0.15, 0.2) is 48.5 Å². The van der Waals surface area contributed by atoms with Gasteiger partial charge in [0.05, 0.1) is 30.2 Å². The summed E-state index contributed by atoms with van der Waals surface area (Å²) >= 11 is 5.88. The van der Waals surface area contributed by atoms with E-state index in [0.717, 1.165) is 5.56 Å². The Bertz CT molecular complexity index is 683. The lowest BCUT2D eigenvalue weighted by Gasteiger charge is -2.11. The minimum atomic E-state index is -0.253. The molecule has 1 atom stereocenters. The van der Waals surface area contributed by atoms with E-state index in [2.05, 4.69) is 12.1 Å². The molecular weight excluding hydrogens is 284 g/mol. The van der Waals surface area contributed by atoms with Gasteiger partial charge in [0.25, 0.3) is 0 Å². The van der Waals surface area contributed by atoms with Crippen molar-refractivity contribution in [3.63, 3.8) is 0 Å². The fourth-order valence-corrected chi connectivity index (χ4v) is 2.13. The first-order valence-electron chi connectivity index (χ1n) is 6.51. The van der Waals surface area contributed by atoms with Gasteiger partial charge >= 0.3 is 0 Å². The molecule has 21 heavy (non-hydrogen) atoms. The lowest BCUT2D eigenvalue weighted by Crippen LogP contribution is -2.04. The molecule has 0 bridgehead atoms. The number of rotatable bonds is 5. The molecule has 0 saturated heterocycles. The van der Waals surface area contributed by atoms with E-state index in [0.29, 0.717) is 29.4 Å². The Hall–Kier alpha value is -2.49. The second-order valence-corrected chi connectivity index (χ2v) is 4.95. The summed E-state index contributed by atoms with van der Waals surface area (Å²) in [6.07, 6.45) is 0.578. The summed E-state index contributed by atoms with van der Waals surface area (Å²) in [6, 6.07) is 18.6. The molecule has 0 aliphatic heterocycles. The van der Waals surface area contributed by atoms with Gasteiger partial charge in [0.2, 0.25) is 0 Å². The van der Waals surface area contributed by atoms with Crippen LogP contribution in [0.5, 0.6) is 5.75 Å². The molecular formula is C17H13ClN2O. The first-order chi connectivity index (χ1) is 10.2. The third kappa shape index (κ3) is 4.24. The highest BCUT2D eigenvalue weighted by Gasteiger charge is 2.11. The lowest BCUT2D eigenvalue weighted by molar-refractivity contribution is 0.306.